The number of carbonyl (C=O) groups excluding carboxylic acids is 2. The Bertz CT molecular complexity index is 1230. The molecule has 0 radical (unpaired) electrons. The maximum atomic E-state index is 12.3. The fraction of sp³-hybridized carbons (Fsp3) is 0. The molecule has 1 aromatic heterocycles. The van der Waals surface area contributed by atoms with Gasteiger partial charge in [-0.25, -0.2) is 15.2 Å². The van der Waals surface area contributed by atoms with Crippen molar-refractivity contribution >= 4 is 44.8 Å². The topological polar surface area (TPSA) is 107 Å². The highest BCUT2D eigenvalue weighted by molar-refractivity contribution is 7.22. The summed E-state index contributed by atoms with van der Waals surface area (Å²) in [6, 6.07) is 20.7. The molecule has 0 aliphatic carbocycles. The average Bonchev–Trinajstić information content (AvgIpc) is 3.14. The van der Waals surface area contributed by atoms with Gasteiger partial charge in [-0.05, 0) is 60.2 Å². The zero-order valence-corrected chi connectivity index (χ0v) is 16.4. The Labute approximate surface area is 175 Å². The number of hydrogen-bond acceptors (Lipinski definition) is 7. The van der Waals surface area contributed by atoms with Crippen molar-refractivity contribution in [3.05, 3.63) is 89.5 Å². The zero-order valence-electron chi connectivity index (χ0n) is 15.6. The molecule has 0 unspecified atom stereocenters. The van der Waals surface area contributed by atoms with Gasteiger partial charge in [0, 0.05) is 5.56 Å². The van der Waals surface area contributed by atoms with Gasteiger partial charge in [-0.15, -0.1) is 0 Å². The summed E-state index contributed by atoms with van der Waals surface area (Å²) >= 11 is 1.32. The van der Waals surface area contributed by atoms with Crippen LogP contribution in [-0.2, 0) is 0 Å². The van der Waals surface area contributed by atoms with Gasteiger partial charge in [0.2, 0.25) is 0 Å². The van der Waals surface area contributed by atoms with Crippen molar-refractivity contribution in [3.8, 4) is 5.75 Å². The monoisotopic (exact) mass is 416 g/mol. The van der Waals surface area contributed by atoms with Crippen LogP contribution >= 0.6 is 11.3 Å². The van der Waals surface area contributed by atoms with Crippen molar-refractivity contribution < 1.29 is 14.3 Å². The van der Waals surface area contributed by atoms with Gasteiger partial charge in [-0.3, -0.25) is 4.79 Å². The van der Waals surface area contributed by atoms with Gasteiger partial charge < -0.3 is 10.5 Å². The van der Waals surface area contributed by atoms with Crippen molar-refractivity contribution in [1.29, 1.82) is 0 Å². The van der Waals surface area contributed by atoms with Crippen molar-refractivity contribution in [2.45, 2.75) is 0 Å². The zero-order chi connectivity index (χ0) is 20.9. The number of nitrogen functional groups attached to an aromatic ring is 1. The van der Waals surface area contributed by atoms with Crippen LogP contribution < -0.4 is 15.9 Å². The molecule has 0 fully saturated rings. The molecule has 3 aromatic carbocycles. The number of aromatic nitrogens is 1. The summed E-state index contributed by atoms with van der Waals surface area (Å²) in [5, 5.41) is 4.43. The number of esters is 1. The predicted molar refractivity (Wildman–Crippen MR) is 117 cm³/mol. The van der Waals surface area contributed by atoms with Crippen LogP contribution in [0.3, 0.4) is 0 Å². The molecule has 30 heavy (non-hydrogen) atoms. The van der Waals surface area contributed by atoms with E-state index in [1.54, 1.807) is 66.7 Å². The summed E-state index contributed by atoms with van der Waals surface area (Å²) in [6.45, 7) is 0. The van der Waals surface area contributed by atoms with Crippen LogP contribution in [0.1, 0.15) is 26.3 Å². The molecule has 3 N–H and O–H groups in total. The van der Waals surface area contributed by atoms with E-state index in [0.29, 0.717) is 22.0 Å². The predicted octanol–water partition coefficient (Wildman–Crippen LogP) is 3.86. The maximum absolute atomic E-state index is 12.3. The van der Waals surface area contributed by atoms with Crippen molar-refractivity contribution in [2.24, 2.45) is 5.10 Å². The second-order valence-electron chi connectivity index (χ2n) is 6.26. The fourth-order valence-electron chi connectivity index (χ4n) is 2.68. The van der Waals surface area contributed by atoms with Crippen LogP contribution in [0.4, 0.5) is 5.13 Å². The van der Waals surface area contributed by atoms with E-state index >= 15 is 0 Å². The number of nitrogens with one attached hydrogen (secondary N) is 1. The number of ether oxygens (including phenoxy) is 1. The third-order valence-electron chi connectivity index (χ3n) is 4.15. The highest BCUT2D eigenvalue weighted by Crippen LogP contribution is 2.24. The third-order valence-corrected chi connectivity index (χ3v) is 4.99. The van der Waals surface area contributed by atoms with Crippen LogP contribution in [0.25, 0.3) is 10.2 Å². The second kappa shape index (κ2) is 8.54. The number of amides is 1. The van der Waals surface area contributed by atoms with E-state index in [4.69, 9.17) is 10.5 Å². The van der Waals surface area contributed by atoms with Gasteiger partial charge in [0.05, 0.1) is 22.0 Å². The van der Waals surface area contributed by atoms with E-state index in [2.05, 4.69) is 15.5 Å². The Balaban J connectivity index is 1.35. The molecule has 4 aromatic rings. The smallest absolute Gasteiger partial charge is 0.343 e. The SMILES string of the molecule is Nc1nc2ccc(C(=O)N/N=C\c3ccc(OC(=O)c4ccccc4)cc3)cc2s1. The minimum Gasteiger partial charge on any atom is -0.423 e. The van der Waals surface area contributed by atoms with E-state index in [0.717, 1.165) is 15.8 Å². The first-order chi connectivity index (χ1) is 14.6. The van der Waals surface area contributed by atoms with Crippen molar-refractivity contribution in [3.63, 3.8) is 0 Å². The molecule has 0 atom stereocenters. The number of fused-ring (bicyclic) bond motifs is 1. The minimum atomic E-state index is -0.427. The van der Waals surface area contributed by atoms with Crippen molar-refractivity contribution in [2.75, 3.05) is 5.73 Å². The van der Waals surface area contributed by atoms with Crippen molar-refractivity contribution in [1.82, 2.24) is 10.4 Å². The summed E-state index contributed by atoms with van der Waals surface area (Å²) in [5.41, 5.74) is 10.6. The molecule has 7 nitrogen and oxygen atoms in total. The number of nitrogens with two attached hydrogens (primary N) is 1. The first-order valence-electron chi connectivity index (χ1n) is 8.95. The lowest BCUT2D eigenvalue weighted by Gasteiger charge is -2.04. The van der Waals surface area contributed by atoms with Crippen LogP contribution in [0.2, 0.25) is 0 Å². The number of thiazole rings is 1. The third kappa shape index (κ3) is 4.50. The molecule has 0 aliphatic heterocycles. The summed E-state index contributed by atoms with van der Waals surface area (Å²) in [6.07, 6.45) is 1.50. The molecule has 0 spiro atoms. The van der Waals surface area contributed by atoms with E-state index < -0.39 is 5.97 Å². The lowest BCUT2D eigenvalue weighted by molar-refractivity contribution is 0.0734. The molecule has 0 aliphatic rings. The number of hydrogen-bond donors (Lipinski definition) is 2. The Kier molecular flexibility index (Phi) is 5.49. The Hall–Kier alpha value is -4.04. The van der Waals surface area contributed by atoms with E-state index in [1.165, 1.54) is 17.6 Å². The normalized spacial score (nSPS) is 10.9. The maximum Gasteiger partial charge on any atom is 0.343 e. The molecule has 0 saturated carbocycles. The van der Waals surface area contributed by atoms with Gasteiger partial charge in [-0.2, -0.15) is 5.10 Å². The first-order valence-corrected chi connectivity index (χ1v) is 9.77. The van der Waals surface area contributed by atoms with Gasteiger partial charge in [0.25, 0.3) is 5.91 Å². The summed E-state index contributed by atoms with van der Waals surface area (Å²) in [4.78, 5) is 28.5. The molecular formula is C22H16N4O3S. The Morgan fingerprint density at radius 3 is 2.53 bits per heavy atom. The van der Waals surface area contributed by atoms with Gasteiger partial charge in [0.15, 0.2) is 5.13 Å². The molecule has 1 heterocycles. The van der Waals surface area contributed by atoms with E-state index in [9.17, 15) is 9.59 Å². The van der Waals surface area contributed by atoms with Crippen LogP contribution in [0, 0.1) is 0 Å². The fourth-order valence-corrected chi connectivity index (χ4v) is 3.45. The van der Waals surface area contributed by atoms with Crippen LogP contribution in [-0.4, -0.2) is 23.1 Å². The van der Waals surface area contributed by atoms with Gasteiger partial charge in [0.1, 0.15) is 5.75 Å². The molecule has 1 amide bonds. The molecule has 8 heteroatoms. The second-order valence-corrected chi connectivity index (χ2v) is 7.32. The molecule has 0 bridgehead atoms. The highest BCUT2D eigenvalue weighted by atomic mass is 32.1. The van der Waals surface area contributed by atoms with E-state index in [-0.39, 0.29) is 5.91 Å². The number of anilines is 1. The quantitative estimate of drug-likeness (QED) is 0.222. The molecule has 0 saturated heterocycles. The Morgan fingerprint density at radius 1 is 1.00 bits per heavy atom. The number of carbonyl (C=O) groups is 2. The van der Waals surface area contributed by atoms with Crippen LogP contribution in [0.15, 0.2) is 77.9 Å². The summed E-state index contributed by atoms with van der Waals surface area (Å²) in [5.74, 6) is -0.348. The van der Waals surface area contributed by atoms with Gasteiger partial charge in [-0.1, -0.05) is 29.5 Å². The summed E-state index contributed by atoms with van der Waals surface area (Å²) < 4.78 is 6.16. The largest absolute Gasteiger partial charge is 0.423 e. The number of benzene rings is 3. The number of nitrogens with zero attached hydrogens (tertiary/aromatic N) is 2. The first kappa shape index (κ1) is 19.3. The lowest BCUT2D eigenvalue weighted by atomic mass is 10.2. The minimum absolute atomic E-state index is 0.339. The molecular weight excluding hydrogens is 400 g/mol. The van der Waals surface area contributed by atoms with Gasteiger partial charge >= 0.3 is 5.97 Å². The number of rotatable bonds is 5. The average molecular weight is 416 g/mol. The lowest BCUT2D eigenvalue weighted by Crippen LogP contribution is -2.17. The summed E-state index contributed by atoms with van der Waals surface area (Å²) in [7, 11) is 0. The number of hydrazone groups is 1. The molecule has 4 rings (SSSR count). The standard InChI is InChI=1S/C22H16N4O3S/c23-22-25-18-11-8-16(12-19(18)30-22)20(27)26-24-13-14-6-9-17(10-7-14)29-21(28)15-4-2-1-3-5-15/h1-13H,(H2,23,25)(H,26,27)/b24-13-. The molecule has 148 valence electrons. The Morgan fingerprint density at radius 2 is 1.77 bits per heavy atom. The highest BCUT2D eigenvalue weighted by Gasteiger charge is 2.09. The van der Waals surface area contributed by atoms with Crippen LogP contribution in [0.5, 0.6) is 5.75 Å². The van der Waals surface area contributed by atoms with E-state index in [1.807, 2.05) is 6.07 Å².